The maximum Gasteiger partial charge on any atom is 0.221 e. The average molecular weight is 386 g/mol. The van der Waals surface area contributed by atoms with Crippen molar-refractivity contribution in [1.82, 2.24) is 10.2 Å². The third-order valence-electron chi connectivity index (χ3n) is 4.95. The smallest absolute Gasteiger partial charge is 0.221 e. The zero-order valence-electron chi connectivity index (χ0n) is 16.6. The summed E-state index contributed by atoms with van der Waals surface area (Å²) in [6, 6.07) is 10.5. The number of carbonyl (C=O) groups excluding carboxylic acids is 1. The van der Waals surface area contributed by atoms with Crippen molar-refractivity contribution >= 4 is 5.91 Å². The average Bonchev–Trinajstić information content (AvgIpc) is 2.83. The number of amides is 1. The maximum absolute atomic E-state index is 13.4. The second-order valence-electron chi connectivity index (χ2n) is 7.23. The van der Waals surface area contributed by atoms with E-state index in [0.717, 1.165) is 41.3 Å². The fraction of sp³-hybridized carbons (Fsp3) is 0.409. The molecule has 1 atom stereocenters. The van der Waals surface area contributed by atoms with Crippen LogP contribution in [0.5, 0.6) is 11.5 Å². The molecule has 0 aliphatic carbocycles. The van der Waals surface area contributed by atoms with Crippen LogP contribution in [0, 0.1) is 12.7 Å². The molecule has 5 nitrogen and oxygen atoms in total. The van der Waals surface area contributed by atoms with E-state index in [1.165, 1.54) is 12.1 Å². The Morgan fingerprint density at radius 3 is 2.93 bits per heavy atom. The number of ether oxygens (including phenoxy) is 2. The summed E-state index contributed by atoms with van der Waals surface area (Å²) in [4.78, 5) is 14.5. The van der Waals surface area contributed by atoms with Crippen LogP contribution in [-0.2, 0) is 17.9 Å². The fourth-order valence-electron chi connectivity index (χ4n) is 3.37. The van der Waals surface area contributed by atoms with E-state index in [1.54, 1.807) is 13.2 Å². The highest BCUT2D eigenvalue weighted by molar-refractivity contribution is 5.76. The molecule has 0 saturated carbocycles. The van der Waals surface area contributed by atoms with Crippen LogP contribution in [0.1, 0.15) is 30.0 Å². The largest absolute Gasteiger partial charge is 0.497 e. The number of benzene rings is 2. The monoisotopic (exact) mass is 386 g/mol. The van der Waals surface area contributed by atoms with Crippen LogP contribution < -0.4 is 14.8 Å². The summed E-state index contributed by atoms with van der Waals surface area (Å²) < 4.78 is 24.6. The number of hydrogen-bond donors (Lipinski definition) is 1. The van der Waals surface area contributed by atoms with Gasteiger partial charge in [-0.15, -0.1) is 0 Å². The third kappa shape index (κ3) is 5.23. The molecule has 1 N–H and O–H groups in total. The van der Waals surface area contributed by atoms with Crippen LogP contribution in [-0.4, -0.2) is 37.1 Å². The lowest BCUT2D eigenvalue weighted by Crippen LogP contribution is -2.34. The second-order valence-corrected chi connectivity index (χ2v) is 7.23. The van der Waals surface area contributed by atoms with Gasteiger partial charge >= 0.3 is 0 Å². The topological polar surface area (TPSA) is 50.8 Å². The molecular formula is C22H27FN2O3. The molecule has 150 valence electrons. The molecule has 0 fully saturated rings. The number of rotatable bonds is 6. The van der Waals surface area contributed by atoms with Crippen molar-refractivity contribution in [3.63, 3.8) is 0 Å². The van der Waals surface area contributed by atoms with Crippen molar-refractivity contribution in [2.24, 2.45) is 0 Å². The van der Waals surface area contributed by atoms with Gasteiger partial charge in [0.2, 0.25) is 5.91 Å². The number of fused-ring (bicyclic) bond motifs is 1. The molecule has 0 saturated heterocycles. The Morgan fingerprint density at radius 1 is 1.32 bits per heavy atom. The summed E-state index contributed by atoms with van der Waals surface area (Å²) in [6.45, 7) is 6.37. The minimum atomic E-state index is -0.288. The van der Waals surface area contributed by atoms with Crippen molar-refractivity contribution in [1.29, 1.82) is 0 Å². The van der Waals surface area contributed by atoms with Crippen LogP contribution in [0.4, 0.5) is 4.39 Å². The third-order valence-corrected chi connectivity index (χ3v) is 4.95. The molecule has 0 bridgehead atoms. The molecular weight excluding hydrogens is 359 g/mol. The highest BCUT2D eigenvalue weighted by atomic mass is 19.1. The molecule has 0 unspecified atom stereocenters. The number of nitrogens with one attached hydrogen (secondary N) is 1. The van der Waals surface area contributed by atoms with E-state index in [9.17, 15) is 9.18 Å². The van der Waals surface area contributed by atoms with Gasteiger partial charge in [-0.1, -0.05) is 12.1 Å². The zero-order valence-corrected chi connectivity index (χ0v) is 16.6. The summed E-state index contributed by atoms with van der Waals surface area (Å²) >= 11 is 0. The van der Waals surface area contributed by atoms with Crippen molar-refractivity contribution in [2.45, 2.75) is 39.5 Å². The Kier molecular flexibility index (Phi) is 6.52. The molecule has 28 heavy (non-hydrogen) atoms. The first-order valence-corrected chi connectivity index (χ1v) is 9.52. The van der Waals surface area contributed by atoms with E-state index in [1.807, 2.05) is 32.0 Å². The maximum atomic E-state index is 13.4. The van der Waals surface area contributed by atoms with Gasteiger partial charge in [0.25, 0.3) is 0 Å². The molecule has 1 aliphatic heterocycles. The van der Waals surface area contributed by atoms with Crippen molar-refractivity contribution in [3.05, 3.63) is 58.9 Å². The first kappa shape index (κ1) is 20.1. The quantitative estimate of drug-likeness (QED) is 0.826. The van der Waals surface area contributed by atoms with E-state index in [0.29, 0.717) is 19.5 Å². The fourth-order valence-corrected chi connectivity index (χ4v) is 3.37. The van der Waals surface area contributed by atoms with Crippen LogP contribution >= 0.6 is 0 Å². The molecule has 0 radical (unpaired) electrons. The first-order valence-electron chi connectivity index (χ1n) is 9.52. The summed E-state index contributed by atoms with van der Waals surface area (Å²) in [5, 5.41) is 2.89. The molecule has 1 aliphatic rings. The van der Waals surface area contributed by atoms with Gasteiger partial charge < -0.3 is 14.8 Å². The van der Waals surface area contributed by atoms with Gasteiger partial charge in [0.15, 0.2) is 0 Å². The predicted molar refractivity (Wildman–Crippen MR) is 106 cm³/mol. The summed E-state index contributed by atoms with van der Waals surface area (Å²) in [6.07, 6.45) is 0.401. The Bertz CT molecular complexity index is 841. The molecule has 0 aromatic heterocycles. The van der Waals surface area contributed by atoms with Gasteiger partial charge in [0, 0.05) is 44.2 Å². The van der Waals surface area contributed by atoms with E-state index in [4.69, 9.17) is 9.47 Å². The minimum absolute atomic E-state index is 0.0198. The van der Waals surface area contributed by atoms with Crippen LogP contribution in [0.2, 0.25) is 0 Å². The van der Waals surface area contributed by atoms with E-state index in [2.05, 4.69) is 10.2 Å². The molecule has 1 heterocycles. The summed E-state index contributed by atoms with van der Waals surface area (Å²) in [5.41, 5.74) is 2.85. The Hall–Kier alpha value is -2.60. The lowest BCUT2D eigenvalue weighted by Gasteiger charge is -2.21. The standard InChI is InChI=1S/C22H27FN2O3/c1-15-4-6-19(23)10-18(15)12-24-22(26)8-9-25-13-16(2)28-21-11-20(27-3)7-5-17(21)14-25/h4-7,10-11,16H,8-9,12-14H2,1-3H3,(H,24,26)/t16-/m1/s1. The number of methoxy groups -OCH3 is 1. The van der Waals surface area contributed by atoms with Gasteiger partial charge in [-0.25, -0.2) is 4.39 Å². The predicted octanol–water partition coefficient (Wildman–Crippen LogP) is 3.43. The highest BCUT2D eigenvalue weighted by Crippen LogP contribution is 2.29. The van der Waals surface area contributed by atoms with Crippen LogP contribution in [0.3, 0.4) is 0 Å². The number of carbonyl (C=O) groups is 1. The van der Waals surface area contributed by atoms with E-state index < -0.39 is 0 Å². The zero-order chi connectivity index (χ0) is 20.1. The van der Waals surface area contributed by atoms with Crippen molar-refractivity contribution in [2.75, 3.05) is 20.2 Å². The van der Waals surface area contributed by atoms with Crippen molar-refractivity contribution < 1.29 is 18.7 Å². The summed E-state index contributed by atoms with van der Waals surface area (Å²) in [5.74, 6) is 1.27. The molecule has 6 heteroatoms. The Morgan fingerprint density at radius 2 is 2.14 bits per heavy atom. The van der Waals surface area contributed by atoms with Gasteiger partial charge in [0.1, 0.15) is 23.4 Å². The van der Waals surface area contributed by atoms with Crippen LogP contribution in [0.25, 0.3) is 0 Å². The molecule has 0 spiro atoms. The van der Waals surface area contributed by atoms with Gasteiger partial charge in [-0.2, -0.15) is 0 Å². The van der Waals surface area contributed by atoms with E-state index in [-0.39, 0.29) is 17.8 Å². The molecule has 1 amide bonds. The lowest BCUT2D eigenvalue weighted by atomic mass is 10.1. The number of hydrogen-bond acceptors (Lipinski definition) is 4. The number of aryl methyl sites for hydroxylation is 1. The van der Waals surface area contributed by atoms with Crippen LogP contribution in [0.15, 0.2) is 36.4 Å². The lowest BCUT2D eigenvalue weighted by molar-refractivity contribution is -0.121. The summed E-state index contributed by atoms with van der Waals surface area (Å²) in [7, 11) is 1.64. The molecule has 2 aromatic carbocycles. The van der Waals surface area contributed by atoms with E-state index >= 15 is 0 Å². The van der Waals surface area contributed by atoms with Gasteiger partial charge in [-0.3, -0.25) is 9.69 Å². The Labute approximate surface area is 165 Å². The van der Waals surface area contributed by atoms with Crippen molar-refractivity contribution in [3.8, 4) is 11.5 Å². The second kappa shape index (κ2) is 9.06. The SMILES string of the molecule is COc1ccc2c(c1)O[C@H](C)CN(CCC(=O)NCc1cc(F)ccc1C)C2. The number of halogens is 1. The normalized spacial score (nSPS) is 16.6. The Balaban J connectivity index is 1.54. The molecule has 3 rings (SSSR count). The highest BCUT2D eigenvalue weighted by Gasteiger charge is 2.21. The van der Waals surface area contributed by atoms with Gasteiger partial charge in [-0.05, 0) is 43.2 Å². The van der Waals surface area contributed by atoms with Gasteiger partial charge in [0.05, 0.1) is 7.11 Å². The number of nitrogens with zero attached hydrogens (tertiary/aromatic N) is 1. The first-order chi connectivity index (χ1) is 13.4. The minimum Gasteiger partial charge on any atom is -0.497 e. The molecule has 2 aromatic rings.